The fraction of sp³-hybridized carbons (Fsp3) is 0.167. The largest absolute Gasteiger partial charge is 0.478 e. The van der Waals surface area contributed by atoms with Crippen molar-refractivity contribution in [3.63, 3.8) is 0 Å². The van der Waals surface area contributed by atoms with Gasteiger partial charge < -0.3 is 20.3 Å². The minimum absolute atomic E-state index is 0.0995. The molecule has 0 bridgehead atoms. The lowest BCUT2D eigenvalue weighted by atomic mass is 10.2. The average Bonchev–Trinajstić information content (AvgIpc) is 2.32. The zero-order valence-electron chi connectivity index (χ0n) is 5.48. The molecular weight excluding hydrogens is 150 g/mol. The van der Waals surface area contributed by atoms with E-state index in [4.69, 9.17) is 15.3 Å². The SMILES string of the molecule is O=C(O)c1cc[nH]c1C(O)O. The second-order valence-corrected chi connectivity index (χ2v) is 1.98. The number of carboxylic acid groups (broad SMARTS) is 1. The average molecular weight is 157 g/mol. The molecule has 1 aromatic heterocycles. The number of nitrogens with one attached hydrogen (secondary N) is 1. The Balaban J connectivity index is 3.06. The predicted octanol–water partition coefficient (Wildman–Crippen LogP) is -0.304. The van der Waals surface area contributed by atoms with Gasteiger partial charge in [-0.15, -0.1) is 0 Å². The first-order valence-electron chi connectivity index (χ1n) is 2.89. The molecule has 0 aliphatic heterocycles. The number of aliphatic hydroxyl groups excluding tert-OH is 1. The summed E-state index contributed by atoms with van der Waals surface area (Å²) >= 11 is 0. The summed E-state index contributed by atoms with van der Waals surface area (Å²) in [5, 5.41) is 25.7. The topological polar surface area (TPSA) is 93.5 Å². The first-order chi connectivity index (χ1) is 5.13. The summed E-state index contributed by atoms with van der Waals surface area (Å²) in [5.41, 5.74) is -0.225. The van der Waals surface area contributed by atoms with Crippen LogP contribution in [-0.2, 0) is 0 Å². The van der Waals surface area contributed by atoms with Gasteiger partial charge in [-0.2, -0.15) is 0 Å². The van der Waals surface area contributed by atoms with Crippen LogP contribution in [0.3, 0.4) is 0 Å². The molecular formula is C6H7NO4. The van der Waals surface area contributed by atoms with Crippen LogP contribution < -0.4 is 0 Å². The maximum Gasteiger partial charge on any atom is 0.337 e. The number of carbonyl (C=O) groups is 1. The third-order valence-electron chi connectivity index (χ3n) is 1.27. The van der Waals surface area contributed by atoms with Crippen LogP contribution in [-0.4, -0.2) is 26.3 Å². The summed E-state index contributed by atoms with van der Waals surface area (Å²) in [6, 6.07) is 1.26. The molecule has 1 rings (SSSR count). The van der Waals surface area contributed by atoms with Crippen molar-refractivity contribution in [1.29, 1.82) is 0 Å². The van der Waals surface area contributed by atoms with Gasteiger partial charge in [0.15, 0.2) is 6.29 Å². The number of hydrogen-bond donors (Lipinski definition) is 4. The van der Waals surface area contributed by atoms with Crippen LogP contribution in [0.25, 0.3) is 0 Å². The van der Waals surface area contributed by atoms with E-state index >= 15 is 0 Å². The molecule has 4 N–H and O–H groups in total. The lowest BCUT2D eigenvalue weighted by molar-refractivity contribution is -0.0462. The highest BCUT2D eigenvalue weighted by atomic mass is 16.5. The lowest BCUT2D eigenvalue weighted by Crippen LogP contribution is -2.04. The Morgan fingerprint density at radius 3 is 2.55 bits per heavy atom. The number of aromatic carboxylic acids is 1. The summed E-state index contributed by atoms with van der Waals surface area (Å²) in [7, 11) is 0. The number of rotatable bonds is 2. The zero-order chi connectivity index (χ0) is 8.43. The molecule has 5 nitrogen and oxygen atoms in total. The molecule has 60 valence electrons. The van der Waals surface area contributed by atoms with Crippen molar-refractivity contribution in [2.45, 2.75) is 6.29 Å². The van der Waals surface area contributed by atoms with Gasteiger partial charge in [-0.25, -0.2) is 4.79 Å². The molecule has 0 fully saturated rings. The highest BCUT2D eigenvalue weighted by molar-refractivity contribution is 5.89. The Morgan fingerprint density at radius 2 is 2.18 bits per heavy atom. The molecule has 0 aliphatic rings. The fourth-order valence-electron chi connectivity index (χ4n) is 0.782. The number of hydrogen-bond acceptors (Lipinski definition) is 3. The molecule has 0 amide bonds. The fourth-order valence-corrected chi connectivity index (χ4v) is 0.782. The third kappa shape index (κ3) is 1.39. The molecule has 0 saturated carbocycles. The summed E-state index contributed by atoms with van der Waals surface area (Å²) in [6.45, 7) is 0. The van der Waals surface area contributed by atoms with E-state index in [0.717, 1.165) is 0 Å². The van der Waals surface area contributed by atoms with E-state index in [0.29, 0.717) is 0 Å². The van der Waals surface area contributed by atoms with Crippen LogP contribution in [0, 0.1) is 0 Å². The van der Waals surface area contributed by atoms with Crippen molar-refractivity contribution in [3.05, 3.63) is 23.5 Å². The summed E-state index contributed by atoms with van der Waals surface area (Å²) in [6.07, 6.45) is -0.436. The first kappa shape index (κ1) is 7.77. The number of aromatic nitrogens is 1. The van der Waals surface area contributed by atoms with Gasteiger partial charge in [0.1, 0.15) is 0 Å². The van der Waals surface area contributed by atoms with Crippen molar-refractivity contribution < 1.29 is 20.1 Å². The van der Waals surface area contributed by atoms with Crippen molar-refractivity contribution in [2.75, 3.05) is 0 Å². The van der Waals surface area contributed by atoms with E-state index in [-0.39, 0.29) is 11.3 Å². The van der Waals surface area contributed by atoms with E-state index < -0.39 is 12.3 Å². The second-order valence-electron chi connectivity index (χ2n) is 1.98. The molecule has 0 aromatic carbocycles. The normalized spacial score (nSPS) is 10.5. The molecule has 11 heavy (non-hydrogen) atoms. The number of carboxylic acids is 1. The Bertz CT molecular complexity index is 265. The first-order valence-corrected chi connectivity index (χ1v) is 2.89. The number of H-pyrrole nitrogens is 1. The standard InChI is InChI=1S/C6H7NO4/c8-5(9)3-1-2-7-4(3)6(10)11/h1-2,6-7,10-11H,(H,8,9). The Kier molecular flexibility index (Phi) is 1.93. The van der Waals surface area contributed by atoms with Gasteiger partial charge >= 0.3 is 5.97 Å². The van der Waals surface area contributed by atoms with Gasteiger partial charge in [-0.05, 0) is 6.07 Å². The van der Waals surface area contributed by atoms with Gasteiger partial charge in [0.2, 0.25) is 0 Å². The molecule has 0 saturated heterocycles. The van der Waals surface area contributed by atoms with Gasteiger partial charge in [-0.3, -0.25) is 0 Å². The molecule has 0 unspecified atom stereocenters. The van der Waals surface area contributed by atoms with Gasteiger partial charge in [0.25, 0.3) is 0 Å². The second kappa shape index (κ2) is 2.73. The van der Waals surface area contributed by atoms with E-state index in [1.165, 1.54) is 12.3 Å². The minimum Gasteiger partial charge on any atom is -0.478 e. The number of aromatic amines is 1. The molecule has 5 heteroatoms. The predicted molar refractivity (Wildman–Crippen MR) is 34.9 cm³/mol. The monoisotopic (exact) mass is 157 g/mol. The third-order valence-corrected chi connectivity index (χ3v) is 1.27. The van der Waals surface area contributed by atoms with Crippen molar-refractivity contribution in [2.24, 2.45) is 0 Å². The van der Waals surface area contributed by atoms with E-state index in [2.05, 4.69) is 4.98 Å². The molecule has 0 spiro atoms. The van der Waals surface area contributed by atoms with Crippen LogP contribution in [0.1, 0.15) is 22.3 Å². The molecule has 0 aliphatic carbocycles. The van der Waals surface area contributed by atoms with Crippen LogP contribution in [0.2, 0.25) is 0 Å². The molecule has 1 heterocycles. The maximum absolute atomic E-state index is 10.3. The molecule has 0 radical (unpaired) electrons. The van der Waals surface area contributed by atoms with Gasteiger partial charge in [0, 0.05) is 6.20 Å². The summed E-state index contributed by atoms with van der Waals surface area (Å²) < 4.78 is 0. The molecule has 1 aromatic rings. The Labute approximate surface area is 61.9 Å². The van der Waals surface area contributed by atoms with Crippen molar-refractivity contribution in [1.82, 2.24) is 4.98 Å². The smallest absolute Gasteiger partial charge is 0.337 e. The van der Waals surface area contributed by atoms with Crippen LogP contribution >= 0.6 is 0 Å². The van der Waals surface area contributed by atoms with E-state index in [1.54, 1.807) is 0 Å². The highest BCUT2D eigenvalue weighted by Gasteiger charge is 2.15. The van der Waals surface area contributed by atoms with Crippen LogP contribution in [0.15, 0.2) is 12.3 Å². The van der Waals surface area contributed by atoms with Crippen LogP contribution in [0.5, 0.6) is 0 Å². The zero-order valence-corrected chi connectivity index (χ0v) is 5.48. The van der Waals surface area contributed by atoms with Gasteiger partial charge in [-0.1, -0.05) is 0 Å². The quantitative estimate of drug-likeness (QED) is 0.443. The maximum atomic E-state index is 10.3. The lowest BCUT2D eigenvalue weighted by Gasteiger charge is -2.00. The van der Waals surface area contributed by atoms with Crippen molar-refractivity contribution >= 4 is 5.97 Å². The highest BCUT2D eigenvalue weighted by Crippen LogP contribution is 2.12. The van der Waals surface area contributed by atoms with Gasteiger partial charge in [0.05, 0.1) is 11.3 Å². The minimum atomic E-state index is -1.77. The van der Waals surface area contributed by atoms with E-state index in [1.807, 2.05) is 0 Å². The number of aliphatic hydroxyl groups is 2. The van der Waals surface area contributed by atoms with Crippen LogP contribution in [0.4, 0.5) is 0 Å². The van der Waals surface area contributed by atoms with Crippen molar-refractivity contribution in [3.8, 4) is 0 Å². The Morgan fingerprint density at radius 1 is 1.55 bits per heavy atom. The summed E-state index contributed by atoms with van der Waals surface area (Å²) in [5.74, 6) is -1.19. The summed E-state index contributed by atoms with van der Waals surface area (Å²) in [4.78, 5) is 12.8. The van der Waals surface area contributed by atoms with E-state index in [9.17, 15) is 4.79 Å². The Hall–Kier alpha value is -1.33. The molecule has 0 atom stereocenters.